The summed E-state index contributed by atoms with van der Waals surface area (Å²) in [6, 6.07) is 0. The first kappa shape index (κ1) is 73.3. The van der Waals surface area contributed by atoms with Crippen molar-refractivity contribution >= 4 is 17.9 Å². The van der Waals surface area contributed by atoms with Crippen LogP contribution in [-0.4, -0.2) is 37.2 Å². The smallest absolute Gasteiger partial charge is 0.306 e. The maximum atomic E-state index is 12.9. The van der Waals surface area contributed by atoms with E-state index in [2.05, 4.69) is 118 Å². The number of allylic oxidation sites excluding steroid dienone is 16. The minimum Gasteiger partial charge on any atom is -0.462 e. The third kappa shape index (κ3) is 63.0. The molecular weight excluding hydrogens is 949 g/mol. The van der Waals surface area contributed by atoms with Gasteiger partial charge in [-0.3, -0.25) is 14.4 Å². The van der Waals surface area contributed by atoms with Crippen LogP contribution in [0.5, 0.6) is 0 Å². The maximum absolute atomic E-state index is 12.9. The number of ether oxygens (including phenoxy) is 3. The average molecular weight is 1070 g/mol. The fourth-order valence-corrected chi connectivity index (χ4v) is 9.15. The van der Waals surface area contributed by atoms with Gasteiger partial charge in [0.25, 0.3) is 0 Å². The van der Waals surface area contributed by atoms with E-state index in [-0.39, 0.29) is 31.1 Å². The van der Waals surface area contributed by atoms with E-state index in [4.69, 9.17) is 14.2 Å². The third-order valence-corrected chi connectivity index (χ3v) is 14.0. The van der Waals surface area contributed by atoms with Gasteiger partial charge in [-0.05, 0) is 116 Å². The molecule has 0 spiro atoms. The number of carbonyl (C=O) groups excluding carboxylic acids is 3. The molecule has 442 valence electrons. The zero-order valence-electron chi connectivity index (χ0n) is 50.7. The first-order valence-electron chi connectivity index (χ1n) is 32.7. The fourth-order valence-electron chi connectivity index (χ4n) is 9.15. The van der Waals surface area contributed by atoms with Crippen LogP contribution in [0, 0.1) is 0 Å². The van der Waals surface area contributed by atoms with Gasteiger partial charge >= 0.3 is 17.9 Å². The van der Waals surface area contributed by atoms with Crippen molar-refractivity contribution in [1.29, 1.82) is 0 Å². The van der Waals surface area contributed by atoms with E-state index in [1.165, 1.54) is 135 Å². The second kappa shape index (κ2) is 64.9. The molecule has 0 aliphatic heterocycles. The van der Waals surface area contributed by atoms with Crippen molar-refractivity contribution in [3.05, 3.63) is 97.2 Å². The zero-order valence-corrected chi connectivity index (χ0v) is 50.7. The molecule has 0 radical (unpaired) electrons. The molecule has 0 aromatic carbocycles. The van der Waals surface area contributed by atoms with Crippen LogP contribution in [0.4, 0.5) is 0 Å². The Balaban J connectivity index is 4.20. The van der Waals surface area contributed by atoms with Crippen LogP contribution in [0.15, 0.2) is 97.2 Å². The van der Waals surface area contributed by atoms with Crippen molar-refractivity contribution in [3.8, 4) is 0 Å². The highest BCUT2D eigenvalue weighted by Gasteiger charge is 2.19. The fraction of sp³-hybridized carbons (Fsp3) is 0.732. The highest BCUT2D eigenvalue weighted by molar-refractivity contribution is 5.71. The Morgan fingerprint density at radius 3 is 0.844 bits per heavy atom. The van der Waals surface area contributed by atoms with Gasteiger partial charge in [0.05, 0.1) is 0 Å². The van der Waals surface area contributed by atoms with E-state index in [0.717, 1.165) is 141 Å². The van der Waals surface area contributed by atoms with Crippen molar-refractivity contribution in [2.75, 3.05) is 13.2 Å². The molecule has 6 nitrogen and oxygen atoms in total. The van der Waals surface area contributed by atoms with Gasteiger partial charge in [0.2, 0.25) is 0 Å². The lowest BCUT2D eigenvalue weighted by atomic mass is 10.0. The lowest BCUT2D eigenvalue weighted by Crippen LogP contribution is -2.30. The molecule has 0 aromatic heterocycles. The molecular formula is C71H122O6. The molecule has 0 fully saturated rings. The molecule has 77 heavy (non-hydrogen) atoms. The van der Waals surface area contributed by atoms with E-state index in [1.807, 2.05) is 0 Å². The van der Waals surface area contributed by atoms with Crippen LogP contribution in [-0.2, 0) is 28.6 Å². The third-order valence-electron chi connectivity index (χ3n) is 14.0. The highest BCUT2D eigenvalue weighted by Crippen LogP contribution is 2.16. The summed E-state index contributed by atoms with van der Waals surface area (Å²) in [6.45, 7) is 6.45. The van der Waals surface area contributed by atoms with Crippen LogP contribution in [0.1, 0.15) is 316 Å². The molecule has 0 rings (SSSR count). The van der Waals surface area contributed by atoms with Crippen molar-refractivity contribution in [2.24, 2.45) is 0 Å². The molecule has 0 bridgehead atoms. The lowest BCUT2D eigenvalue weighted by molar-refractivity contribution is -0.167. The normalized spacial score (nSPS) is 12.7. The Morgan fingerprint density at radius 2 is 0.532 bits per heavy atom. The van der Waals surface area contributed by atoms with E-state index in [9.17, 15) is 14.4 Å². The van der Waals surface area contributed by atoms with Crippen LogP contribution in [0.3, 0.4) is 0 Å². The van der Waals surface area contributed by atoms with Gasteiger partial charge < -0.3 is 14.2 Å². The van der Waals surface area contributed by atoms with Gasteiger partial charge in [0.1, 0.15) is 13.2 Å². The number of hydrogen-bond acceptors (Lipinski definition) is 6. The van der Waals surface area contributed by atoms with Gasteiger partial charge in [0, 0.05) is 19.3 Å². The second-order valence-corrected chi connectivity index (χ2v) is 21.6. The zero-order chi connectivity index (χ0) is 55.7. The number of esters is 3. The van der Waals surface area contributed by atoms with Gasteiger partial charge in [-0.2, -0.15) is 0 Å². The lowest BCUT2D eigenvalue weighted by Gasteiger charge is -2.18. The van der Waals surface area contributed by atoms with Crippen molar-refractivity contribution in [2.45, 2.75) is 322 Å². The van der Waals surface area contributed by atoms with Gasteiger partial charge in [0.15, 0.2) is 6.10 Å². The second-order valence-electron chi connectivity index (χ2n) is 21.6. The van der Waals surface area contributed by atoms with Crippen molar-refractivity contribution < 1.29 is 28.6 Å². The van der Waals surface area contributed by atoms with E-state index >= 15 is 0 Å². The Morgan fingerprint density at radius 1 is 0.273 bits per heavy atom. The molecule has 1 atom stereocenters. The van der Waals surface area contributed by atoms with Crippen molar-refractivity contribution in [1.82, 2.24) is 0 Å². The molecule has 1 unspecified atom stereocenters. The summed E-state index contributed by atoms with van der Waals surface area (Å²) in [7, 11) is 0. The maximum Gasteiger partial charge on any atom is 0.306 e. The number of unbranched alkanes of at least 4 members (excludes halogenated alkanes) is 32. The monoisotopic (exact) mass is 1070 g/mol. The topological polar surface area (TPSA) is 78.9 Å². The SMILES string of the molecule is CC/C=C\C/C=C\C/C=C\CCCCCCCC(=O)OC(COC(=O)CCCCCCC/C=C\C/C=C\CCC)COC(=O)CCCCCCCCCCCCCCCCCC/C=C\C/C=C\C/C=C\CCCCCCC. The summed E-state index contributed by atoms with van der Waals surface area (Å²) < 4.78 is 16.9. The Bertz CT molecular complexity index is 1510. The average Bonchev–Trinajstić information content (AvgIpc) is 3.43. The number of carbonyl (C=O) groups is 3. The molecule has 0 heterocycles. The summed E-state index contributed by atoms with van der Waals surface area (Å²) >= 11 is 0. The predicted octanol–water partition coefficient (Wildman–Crippen LogP) is 22.4. The number of hydrogen-bond donors (Lipinski definition) is 0. The van der Waals surface area contributed by atoms with Gasteiger partial charge in [-0.15, -0.1) is 0 Å². The first-order chi connectivity index (χ1) is 38.0. The molecule has 6 heteroatoms. The summed E-state index contributed by atoms with van der Waals surface area (Å²) in [5, 5.41) is 0. The quantitative estimate of drug-likeness (QED) is 0.0261. The standard InChI is InChI=1S/C71H122O6/c1-4-7-10-13-16-19-22-25-27-28-29-30-31-32-33-34-35-36-37-38-39-40-41-42-44-46-49-52-55-58-61-64-70(73)76-67-68(66-75-69(72)63-60-57-54-51-48-45-24-21-18-15-12-9-6-3)77-71(74)65-62-59-56-53-50-47-43-26-23-20-17-14-11-8-5-2/h8,11-12,15,17,20-22,24-26,28-29,31-32,43,68H,4-7,9-10,13-14,16,18-19,23,27,30,33-42,44-67H2,1-3H3/b11-8-,15-12-,20-17-,24-21-,25-22-,29-28-,32-31-,43-26-. The van der Waals surface area contributed by atoms with Gasteiger partial charge in [-0.1, -0.05) is 279 Å². The molecule has 0 saturated carbocycles. The summed E-state index contributed by atoms with van der Waals surface area (Å²) in [4.78, 5) is 38.2. The van der Waals surface area contributed by atoms with Crippen molar-refractivity contribution in [3.63, 3.8) is 0 Å². The molecule has 0 N–H and O–H groups in total. The Kier molecular flexibility index (Phi) is 61.8. The molecule has 0 saturated heterocycles. The van der Waals surface area contributed by atoms with E-state index in [0.29, 0.717) is 19.3 Å². The number of rotatable bonds is 59. The largest absolute Gasteiger partial charge is 0.462 e. The first-order valence-corrected chi connectivity index (χ1v) is 32.7. The molecule has 0 amide bonds. The van der Waals surface area contributed by atoms with Crippen LogP contribution in [0.2, 0.25) is 0 Å². The molecule has 0 aromatic rings. The van der Waals surface area contributed by atoms with E-state index < -0.39 is 6.10 Å². The van der Waals surface area contributed by atoms with Crippen LogP contribution >= 0.6 is 0 Å². The molecule has 0 aliphatic carbocycles. The minimum absolute atomic E-state index is 0.0879. The Labute approximate surface area is 477 Å². The van der Waals surface area contributed by atoms with Crippen LogP contribution in [0.25, 0.3) is 0 Å². The summed E-state index contributed by atoms with van der Waals surface area (Å²) in [6.07, 6.45) is 87.2. The highest BCUT2D eigenvalue weighted by atomic mass is 16.6. The predicted molar refractivity (Wildman–Crippen MR) is 334 cm³/mol. The molecule has 0 aliphatic rings. The summed E-state index contributed by atoms with van der Waals surface area (Å²) in [5.41, 5.74) is 0. The van der Waals surface area contributed by atoms with Crippen LogP contribution < -0.4 is 0 Å². The van der Waals surface area contributed by atoms with Gasteiger partial charge in [-0.25, -0.2) is 0 Å². The minimum atomic E-state index is -0.793. The summed E-state index contributed by atoms with van der Waals surface area (Å²) in [5.74, 6) is -0.912. The van der Waals surface area contributed by atoms with E-state index in [1.54, 1.807) is 0 Å². The Hall–Kier alpha value is -3.67.